The zero-order valence-corrected chi connectivity index (χ0v) is 11.5. The lowest BCUT2D eigenvalue weighted by Gasteiger charge is -2.18. The number of ether oxygens (including phenoxy) is 1. The van der Waals surface area contributed by atoms with E-state index >= 15 is 0 Å². The fourth-order valence-electron chi connectivity index (χ4n) is 1.51. The fourth-order valence-corrected chi connectivity index (χ4v) is 1.51. The zero-order chi connectivity index (χ0) is 14.8. The molecule has 20 heavy (non-hydrogen) atoms. The highest BCUT2D eigenvalue weighted by molar-refractivity contribution is 5.83. The summed E-state index contributed by atoms with van der Waals surface area (Å²) < 4.78 is 10.1. The zero-order valence-electron chi connectivity index (χ0n) is 11.5. The highest BCUT2D eigenvalue weighted by Gasteiger charge is 2.17. The van der Waals surface area contributed by atoms with Gasteiger partial charge in [0.05, 0.1) is 0 Å². The molecule has 0 radical (unpaired) electrons. The summed E-state index contributed by atoms with van der Waals surface area (Å²) in [4.78, 5) is 11.6. The minimum absolute atomic E-state index is 0.171. The fraction of sp³-hybridized carbons (Fsp3) is 0.286. The van der Waals surface area contributed by atoms with Crippen LogP contribution in [0.4, 0.5) is 10.7 Å². The number of carbonyl (C=O) groups excluding carboxylic acids is 1. The number of phenolic OH excluding ortho intramolecular Hbond substituents is 1. The molecule has 0 fully saturated rings. The van der Waals surface area contributed by atoms with Gasteiger partial charge in [0.1, 0.15) is 17.0 Å². The topological polar surface area (TPSA) is 84.6 Å². The predicted octanol–water partition coefficient (Wildman–Crippen LogP) is 3.39. The van der Waals surface area contributed by atoms with E-state index in [1.165, 1.54) is 0 Å². The van der Waals surface area contributed by atoms with E-state index in [9.17, 15) is 9.90 Å². The summed E-state index contributed by atoms with van der Waals surface area (Å²) in [7, 11) is 0. The Morgan fingerprint density at radius 3 is 2.55 bits per heavy atom. The van der Waals surface area contributed by atoms with Gasteiger partial charge in [-0.2, -0.15) is 0 Å². The van der Waals surface area contributed by atoms with Crippen molar-refractivity contribution in [1.82, 2.24) is 5.16 Å². The second kappa shape index (κ2) is 5.24. The number of carbonyl (C=O) groups is 1. The van der Waals surface area contributed by atoms with Gasteiger partial charge in [0, 0.05) is 11.6 Å². The molecule has 6 nitrogen and oxygen atoms in total. The van der Waals surface area contributed by atoms with Crippen LogP contribution < -0.4 is 5.32 Å². The van der Waals surface area contributed by atoms with Crippen LogP contribution in [-0.4, -0.2) is 22.0 Å². The monoisotopic (exact) mass is 276 g/mol. The smallest absolute Gasteiger partial charge is 0.414 e. The molecule has 0 unspecified atom stereocenters. The lowest BCUT2D eigenvalue weighted by Crippen LogP contribution is -2.27. The number of aromatic nitrogens is 1. The van der Waals surface area contributed by atoms with Crippen LogP contribution in [0.1, 0.15) is 20.8 Å². The first-order chi connectivity index (χ1) is 9.33. The lowest BCUT2D eigenvalue weighted by atomic mass is 10.1. The molecular formula is C14H16N2O4. The summed E-state index contributed by atoms with van der Waals surface area (Å²) in [5.74, 6) is 0.367. The van der Waals surface area contributed by atoms with E-state index in [0.29, 0.717) is 5.69 Å². The summed E-state index contributed by atoms with van der Waals surface area (Å²) >= 11 is 0. The van der Waals surface area contributed by atoms with Crippen LogP contribution in [0.2, 0.25) is 0 Å². The summed E-state index contributed by atoms with van der Waals surface area (Å²) in [6.07, 6.45) is -0.606. The highest BCUT2D eigenvalue weighted by atomic mass is 16.6. The average Bonchev–Trinajstić information content (AvgIpc) is 2.75. The summed E-state index contributed by atoms with van der Waals surface area (Å²) in [5, 5.41) is 15.5. The molecule has 0 atom stereocenters. The molecule has 1 aromatic carbocycles. The number of benzene rings is 1. The number of rotatable bonds is 2. The third-order valence-electron chi connectivity index (χ3n) is 2.30. The van der Waals surface area contributed by atoms with E-state index in [1.807, 2.05) is 0 Å². The first kappa shape index (κ1) is 13.9. The van der Waals surface area contributed by atoms with Crippen LogP contribution in [0, 0.1) is 0 Å². The number of hydrogen-bond acceptors (Lipinski definition) is 5. The van der Waals surface area contributed by atoms with Crippen molar-refractivity contribution in [2.45, 2.75) is 26.4 Å². The van der Waals surface area contributed by atoms with Crippen LogP contribution in [0.25, 0.3) is 11.3 Å². The number of aromatic hydroxyl groups is 1. The molecule has 6 heteroatoms. The molecule has 0 aliphatic heterocycles. The van der Waals surface area contributed by atoms with Crippen LogP contribution >= 0.6 is 0 Å². The number of anilines is 1. The van der Waals surface area contributed by atoms with E-state index in [-0.39, 0.29) is 11.6 Å². The van der Waals surface area contributed by atoms with E-state index in [1.54, 1.807) is 51.1 Å². The first-order valence-electron chi connectivity index (χ1n) is 6.10. The minimum atomic E-state index is -0.606. The second-order valence-corrected chi connectivity index (χ2v) is 5.25. The van der Waals surface area contributed by atoms with Crippen LogP contribution in [0.15, 0.2) is 34.9 Å². The standard InChI is InChI=1S/C14H16N2O4/c1-14(2,3)19-13(18)15-12-8-11(16-20-12)9-4-6-10(17)7-5-9/h4-8,17H,1-3H3,(H,15,18). The second-order valence-electron chi connectivity index (χ2n) is 5.25. The Hall–Kier alpha value is -2.50. The molecule has 1 aromatic heterocycles. The Bertz CT molecular complexity index is 596. The Balaban J connectivity index is 2.06. The maximum atomic E-state index is 11.6. The molecule has 0 aliphatic rings. The van der Waals surface area contributed by atoms with Gasteiger partial charge in [-0.1, -0.05) is 5.16 Å². The molecular weight excluding hydrogens is 260 g/mol. The van der Waals surface area contributed by atoms with E-state index in [4.69, 9.17) is 9.26 Å². The van der Waals surface area contributed by atoms with Gasteiger partial charge in [-0.15, -0.1) is 0 Å². The molecule has 1 amide bonds. The Labute approximate surface area is 116 Å². The van der Waals surface area contributed by atoms with E-state index in [0.717, 1.165) is 5.56 Å². The normalized spacial score (nSPS) is 11.2. The Morgan fingerprint density at radius 2 is 1.95 bits per heavy atom. The molecule has 0 spiro atoms. The van der Waals surface area contributed by atoms with Crippen molar-refractivity contribution in [3.05, 3.63) is 30.3 Å². The van der Waals surface area contributed by atoms with Crippen molar-refractivity contribution >= 4 is 12.0 Å². The summed E-state index contributed by atoms with van der Waals surface area (Å²) in [6, 6.07) is 8.07. The summed E-state index contributed by atoms with van der Waals surface area (Å²) in [5.41, 5.74) is 0.740. The van der Waals surface area contributed by atoms with Crippen LogP contribution in [0.3, 0.4) is 0 Å². The van der Waals surface area contributed by atoms with Crippen molar-refractivity contribution in [3.63, 3.8) is 0 Å². The molecule has 2 aromatic rings. The molecule has 2 rings (SSSR count). The minimum Gasteiger partial charge on any atom is -0.508 e. The van der Waals surface area contributed by atoms with Crippen molar-refractivity contribution < 1.29 is 19.2 Å². The Morgan fingerprint density at radius 1 is 1.30 bits per heavy atom. The van der Waals surface area contributed by atoms with Crippen molar-refractivity contribution in [2.75, 3.05) is 5.32 Å². The molecule has 1 heterocycles. The van der Waals surface area contributed by atoms with Gasteiger partial charge < -0.3 is 14.4 Å². The third kappa shape index (κ3) is 3.74. The number of amides is 1. The van der Waals surface area contributed by atoms with Crippen molar-refractivity contribution in [1.29, 1.82) is 0 Å². The molecule has 0 saturated heterocycles. The number of hydrogen-bond donors (Lipinski definition) is 2. The van der Waals surface area contributed by atoms with Gasteiger partial charge in [-0.3, -0.25) is 5.32 Å². The van der Waals surface area contributed by atoms with Gasteiger partial charge in [0.2, 0.25) is 5.88 Å². The van der Waals surface area contributed by atoms with Crippen molar-refractivity contribution in [3.8, 4) is 17.0 Å². The van der Waals surface area contributed by atoms with Gasteiger partial charge in [0.15, 0.2) is 0 Å². The number of nitrogens with one attached hydrogen (secondary N) is 1. The number of phenols is 1. The Kier molecular flexibility index (Phi) is 3.65. The maximum Gasteiger partial charge on any atom is 0.414 e. The SMILES string of the molecule is CC(C)(C)OC(=O)Nc1cc(-c2ccc(O)cc2)no1. The van der Waals surface area contributed by atoms with Crippen LogP contribution in [-0.2, 0) is 4.74 Å². The van der Waals surface area contributed by atoms with Crippen LogP contribution in [0.5, 0.6) is 5.75 Å². The maximum absolute atomic E-state index is 11.6. The molecule has 0 saturated carbocycles. The molecule has 0 bridgehead atoms. The predicted molar refractivity (Wildman–Crippen MR) is 73.5 cm³/mol. The van der Waals surface area contributed by atoms with Crippen molar-refractivity contribution in [2.24, 2.45) is 0 Å². The third-order valence-corrected chi connectivity index (χ3v) is 2.30. The summed E-state index contributed by atoms with van der Waals surface area (Å²) in [6.45, 7) is 5.32. The largest absolute Gasteiger partial charge is 0.508 e. The van der Waals surface area contributed by atoms with Gasteiger partial charge >= 0.3 is 6.09 Å². The van der Waals surface area contributed by atoms with Gasteiger partial charge in [-0.05, 0) is 45.0 Å². The molecule has 2 N–H and O–H groups in total. The lowest BCUT2D eigenvalue weighted by molar-refractivity contribution is 0.0631. The van der Waals surface area contributed by atoms with E-state index in [2.05, 4.69) is 10.5 Å². The van der Waals surface area contributed by atoms with Gasteiger partial charge in [0.25, 0.3) is 0 Å². The number of nitrogens with zero attached hydrogens (tertiary/aromatic N) is 1. The van der Waals surface area contributed by atoms with E-state index < -0.39 is 11.7 Å². The molecule has 106 valence electrons. The molecule has 0 aliphatic carbocycles. The average molecular weight is 276 g/mol. The quantitative estimate of drug-likeness (QED) is 0.878. The first-order valence-corrected chi connectivity index (χ1v) is 6.10. The van der Waals surface area contributed by atoms with Gasteiger partial charge in [-0.25, -0.2) is 4.79 Å². The highest BCUT2D eigenvalue weighted by Crippen LogP contribution is 2.23.